The Hall–Kier alpha value is -0.740. The smallest absolute Gasteiger partial charge is 0.123 e. The molecule has 1 aromatic carbocycles. The van der Waals surface area contributed by atoms with Gasteiger partial charge in [-0.15, -0.1) is 0 Å². The molecule has 0 amide bonds. The van der Waals surface area contributed by atoms with Crippen molar-refractivity contribution in [1.82, 2.24) is 5.32 Å². The molecule has 1 unspecified atom stereocenters. The van der Waals surface area contributed by atoms with Crippen LogP contribution in [0.2, 0.25) is 0 Å². The lowest BCUT2D eigenvalue weighted by molar-refractivity contribution is 0.620. The summed E-state index contributed by atoms with van der Waals surface area (Å²) < 4.78 is 23.7. The van der Waals surface area contributed by atoms with Gasteiger partial charge in [0.25, 0.3) is 0 Å². The van der Waals surface area contributed by atoms with Crippen LogP contribution in [-0.2, 0) is 17.3 Å². The van der Waals surface area contributed by atoms with Gasteiger partial charge in [0.15, 0.2) is 0 Å². The van der Waals surface area contributed by atoms with E-state index in [9.17, 15) is 8.60 Å². The van der Waals surface area contributed by atoms with Crippen molar-refractivity contribution in [2.24, 2.45) is 0 Å². The van der Waals surface area contributed by atoms with Gasteiger partial charge in [0.05, 0.1) is 0 Å². The lowest BCUT2D eigenvalue weighted by atomic mass is 10.1. The Morgan fingerprint density at radius 2 is 2.20 bits per heavy atom. The summed E-state index contributed by atoms with van der Waals surface area (Å²) in [5, 5.41) is 3.14. The molecule has 4 heteroatoms. The predicted octanol–water partition coefficient (Wildman–Crippen LogP) is 1.60. The molecule has 0 saturated carbocycles. The van der Waals surface area contributed by atoms with Gasteiger partial charge in [-0.2, -0.15) is 0 Å². The number of aryl methyl sites for hydroxylation is 1. The maximum absolute atomic E-state index is 12.9. The molecule has 0 saturated heterocycles. The Balaban J connectivity index is 2.43. The van der Waals surface area contributed by atoms with E-state index in [1.54, 1.807) is 12.3 Å². The van der Waals surface area contributed by atoms with Gasteiger partial charge in [-0.25, -0.2) is 4.39 Å². The maximum Gasteiger partial charge on any atom is 0.123 e. The number of rotatable bonds is 5. The van der Waals surface area contributed by atoms with Crippen LogP contribution < -0.4 is 5.32 Å². The van der Waals surface area contributed by atoms with Gasteiger partial charge in [-0.05, 0) is 30.2 Å². The summed E-state index contributed by atoms with van der Waals surface area (Å²) in [6.45, 7) is 3.27. The van der Waals surface area contributed by atoms with E-state index in [1.165, 1.54) is 12.1 Å². The summed E-state index contributed by atoms with van der Waals surface area (Å²) in [4.78, 5) is 0. The Bertz CT molecular complexity index is 354. The molecular weight excluding hydrogens is 213 g/mol. The molecule has 1 rings (SSSR count). The average molecular weight is 229 g/mol. The van der Waals surface area contributed by atoms with Gasteiger partial charge in [0.2, 0.25) is 0 Å². The first kappa shape index (κ1) is 12.3. The van der Waals surface area contributed by atoms with Crippen LogP contribution in [0.1, 0.15) is 11.1 Å². The summed E-state index contributed by atoms with van der Waals surface area (Å²) in [5.74, 6) is 0.422. The SMILES string of the molecule is Cc1ccc(F)cc1CNCCS(C)=O. The lowest BCUT2D eigenvalue weighted by Gasteiger charge is -2.07. The standard InChI is InChI=1S/C11H16FNOS/c1-9-3-4-11(12)7-10(9)8-13-5-6-15(2)14/h3-4,7,13H,5-6,8H2,1-2H3. The van der Waals surface area contributed by atoms with Gasteiger partial charge in [-0.3, -0.25) is 4.21 Å². The van der Waals surface area contributed by atoms with Gasteiger partial charge >= 0.3 is 0 Å². The van der Waals surface area contributed by atoms with E-state index in [-0.39, 0.29) is 5.82 Å². The molecule has 0 aliphatic carbocycles. The first-order chi connectivity index (χ1) is 7.09. The summed E-state index contributed by atoms with van der Waals surface area (Å²) in [5.41, 5.74) is 2.03. The van der Waals surface area contributed by atoms with Crippen molar-refractivity contribution in [3.63, 3.8) is 0 Å². The van der Waals surface area contributed by atoms with E-state index in [4.69, 9.17) is 0 Å². The molecule has 0 aliphatic heterocycles. The minimum Gasteiger partial charge on any atom is -0.312 e. The van der Waals surface area contributed by atoms with E-state index < -0.39 is 10.8 Å². The van der Waals surface area contributed by atoms with Crippen molar-refractivity contribution in [3.8, 4) is 0 Å². The molecule has 0 fully saturated rings. The van der Waals surface area contributed by atoms with Crippen molar-refractivity contribution in [3.05, 3.63) is 35.1 Å². The van der Waals surface area contributed by atoms with Crippen molar-refractivity contribution in [1.29, 1.82) is 0 Å². The summed E-state index contributed by atoms with van der Waals surface area (Å²) in [6.07, 6.45) is 1.68. The Morgan fingerprint density at radius 1 is 1.47 bits per heavy atom. The van der Waals surface area contributed by atoms with Crippen LogP contribution >= 0.6 is 0 Å². The van der Waals surface area contributed by atoms with Crippen molar-refractivity contribution in [2.45, 2.75) is 13.5 Å². The topological polar surface area (TPSA) is 29.1 Å². The monoisotopic (exact) mass is 229 g/mol. The lowest BCUT2D eigenvalue weighted by Crippen LogP contribution is -2.20. The van der Waals surface area contributed by atoms with Crippen molar-refractivity contribution < 1.29 is 8.60 Å². The second-order valence-corrected chi connectivity index (χ2v) is 5.08. The fourth-order valence-electron chi connectivity index (χ4n) is 1.27. The minimum atomic E-state index is -0.770. The first-order valence-electron chi connectivity index (χ1n) is 4.85. The molecule has 0 radical (unpaired) electrons. The highest BCUT2D eigenvalue weighted by Crippen LogP contribution is 2.09. The van der Waals surface area contributed by atoms with E-state index >= 15 is 0 Å². The zero-order valence-corrected chi connectivity index (χ0v) is 9.86. The Kier molecular flexibility index (Phi) is 4.91. The quantitative estimate of drug-likeness (QED) is 0.777. The van der Waals surface area contributed by atoms with E-state index in [0.29, 0.717) is 18.8 Å². The zero-order valence-electron chi connectivity index (χ0n) is 9.05. The third-order valence-corrected chi connectivity index (χ3v) is 2.97. The second-order valence-electron chi connectivity index (χ2n) is 3.52. The van der Waals surface area contributed by atoms with Crippen LogP contribution in [-0.4, -0.2) is 22.8 Å². The van der Waals surface area contributed by atoms with Crippen LogP contribution in [0.25, 0.3) is 0 Å². The molecule has 1 aromatic rings. The highest BCUT2D eigenvalue weighted by molar-refractivity contribution is 7.84. The fraction of sp³-hybridized carbons (Fsp3) is 0.455. The van der Waals surface area contributed by atoms with Gasteiger partial charge in [0, 0.05) is 35.9 Å². The van der Waals surface area contributed by atoms with E-state index in [0.717, 1.165) is 11.1 Å². The van der Waals surface area contributed by atoms with E-state index in [1.807, 2.05) is 6.92 Å². The van der Waals surface area contributed by atoms with Crippen molar-refractivity contribution >= 4 is 10.8 Å². The van der Waals surface area contributed by atoms with Crippen LogP contribution in [0.3, 0.4) is 0 Å². The summed E-state index contributed by atoms with van der Waals surface area (Å²) in [6, 6.07) is 4.76. The molecule has 0 spiro atoms. The largest absolute Gasteiger partial charge is 0.312 e. The fourth-order valence-corrected chi connectivity index (χ4v) is 1.70. The molecule has 0 heterocycles. The number of benzene rings is 1. The maximum atomic E-state index is 12.9. The number of halogens is 1. The second kappa shape index (κ2) is 5.98. The highest BCUT2D eigenvalue weighted by Gasteiger charge is 2.00. The number of hydrogen-bond donors (Lipinski definition) is 1. The summed E-state index contributed by atoms with van der Waals surface area (Å²) in [7, 11) is -0.770. The Labute approximate surface area is 92.3 Å². The number of nitrogens with one attached hydrogen (secondary N) is 1. The van der Waals surface area contributed by atoms with Gasteiger partial charge in [-0.1, -0.05) is 6.07 Å². The number of hydrogen-bond acceptors (Lipinski definition) is 2. The van der Waals surface area contributed by atoms with Crippen LogP contribution in [0.5, 0.6) is 0 Å². The first-order valence-corrected chi connectivity index (χ1v) is 6.58. The Morgan fingerprint density at radius 3 is 2.87 bits per heavy atom. The van der Waals surface area contributed by atoms with Crippen LogP contribution in [0.15, 0.2) is 18.2 Å². The minimum absolute atomic E-state index is 0.212. The normalized spacial score (nSPS) is 12.7. The molecule has 0 aromatic heterocycles. The molecule has 0 bridgehead atoms. The summed E-state index contributed by atoms with van der Waals surface area (Å²) >= 11 is 0. The molecule has 2 nitrogen and oxygen atoms in total. The molecular formula is C11H16FNOS. The van der Waals surface area contributed by atoms with Gasteiger partial charge in [0.1, 0.15) is 5.82 Å². The third kappa shape index (κ3) is 4.53. The third-order valence-electron chi connectivity index (χ3n) is 2.19. The molecule has 1 atom stereocenters. The molecule has 15 heavy (non-hydrogen) atoms. The average Bonchev–Trinajstić information content (AvgIpc) is 2.17. The molecule has 84 valence electrons. The predicted molar refractivity (Wildman–Crippen MR) is 61.8 cm³/mol. The van der Waals surface area contributed by atoms with Gasteiger partial charge < -0.3 is 5.32 Å². The van der Waals surface area contributed by atoms with E-state index in [2.05, 4.69) is 5.32 Å². The molecule has 1 N–H and O–H groups in total. The van der Waals surface area contributed by atoms with Crippen molar-refractivity contribution in [2.75, 3.05) is 18.6 Å². The zero-order chi connectivity index (χ0) is 11.3. The van der Waals surface area contributed by atoms with Crippen LogP contribution in [0, 0.1) is 12.7 Å². The molecule has 0 aliphatic rings. The van der Waals surface area contributed by atoms with Crippen LogP contribution in [0.4, 0.5) is 4.39 Å². The highest BCUT2D eigenvalue weighted by atomic mass is 32.2.